The van der Waals surface area contributed by atoms with Gasteiger partial charge in [-0.2, -0.15) is 5.10 Å². The molecule has 2 aromatic rings. The van der Waals surface area contributed by atoms with E-state index in [2.05, 4.69) is 10.4 Å². The highest BCUT2D eigenvalue weighted by Gasteiger charge is 2.22. The SMILES string of the molecule is NCc1ccccc1-n1ccc(C(=O)NC2CCC(O)CC2)n1. The van der Waals surface area contributed by atoms with E-state index in [1.165, 1.54) is 0 Å². The Bertz CT molecular complexity index is 675. The van der Waals surface area contributed by atoms with Gasteiger partial charge in [0.15, 0.2) is 5.69 Å². The van der Waals surface area contributed by atoms with Crippen LogP contribution in [0.3, 0.4) is 0 Å². The number of aliphatic hydroxyl groups is 1. The maximum Gasteiger partial charge on any atom is 0.272 e. The van der Waals surface area contributed by atoms with Crippen LogP contribution in [0.5, 0.6) is 0 Å². The van der Waals surface area contributed by atoms with Crippen molar-refractivity contribution >= 4 is 5.91 Å². The third-order valence-corrected chi connectivity index (χ3v) is 4.31. The van der Waals surface area contributed by atoms with Crippen LogP contribution in [0.4, 0.5) is 0 Å². The summed E-state index contributed by atoms with van der Waals surface area (Å²) in [5.74, 6) is -0.171. The number of aromatic nitrogens is 2. The van der Waals surface area contributed by atoms with Gasteiger partial charge in [0.25, 0.3) is 5.91 Å². The summed E-state index contributed by atoms with van der Waals surface area (Å²) in [5.41, 5.74) is 8.00. The van der Waals surface area contributed by atoms with Crippen molar-refractivity contribution in [2.75, 3.05) is 0 Å². The zero-order chi connectivity index (χ0) is 16.2. The first kappa shape index (κ1) is 15.7. The molecule has 0 spiro atoms. The molecule has 1 aromatic carbocycles. The van der Waals surface area contributed by atoms with Crippen LogP contribution in [0, 0.1) is 0 Å². The number of aliphatic hydroxyl groups excluding tert-OH is 1. The molecule has 4 N–H and O–H groups in total. The minimum absolute atomic E-state index is 0.118. The summed E-state index contributed by atoms with van der Waals surface area (Å²) in [6.45, 7) is 0.419. The van der Waals surface area contributed by atoms with Crippen LogP contribution in [0.15, 0.2) is 36.5 Å². The second-order valence-corrected chi connectivity index (χ2v) is 5.96. The zero-order valence-corrected chi connectivity index (χ0v) is 13.0. The highest BCUT2D eigenvalue weighted by Crippen LogP contribution is 2.19. The molecule has 0 atom stereocenters. The molecule has 122 valence electrons. The van der Waals surface area contributed by atoms with E-state index in [4.69, 9.17) is 5.73 Å². The fourth-order valence-electron chi connectivity index (χ4n) is 2.97. The van der Waals surface area contributed by atoms with E-state index in [0.717, 1.165) is 36.9 Å². The lowest BCUT2D eigenvalue weighted by Crippen LogP contribution is -2.38. The van der Waals surface area contributed by atoms with Gasteiger partial charge in [-0.1, -0.05) is 18.2 Å². The molecular weight excluding hydrogens is 292 g/mol. The number of carbonyl (C=O) groups excluding carboxylic acids is 1. The number of hydrogen-bond acceptors (Lipinski definition) is 4. The molecule has 0 radical (unpaired) electrons. The van der Waals surface area contributed by atoms with Gasteiger partial charge >= 0.3 is 0 Å². The van der Waals surface area contributed by atoms with E-state index >= 15 is 0 Å². The van der Waals surface area contributed by atoms with Crippen molar-refractivity contribution in [2.45, 2.75) is 44.4 Å². The van der Waals surface area contributed by atoms with Crippen LogP contribution >= 0.6 is 0 Å². The molecule has 1 fully saturated rings. The third-order valence-electron chi connectivity index (χ3n) is 4.31. The van der Waals surface area contributed by atoms with Crippen LogP contribution in [0.1, 0.15) is 41.7 Å². The summed E-state index contributed by atoms with van der Waals surface area (Å²) in [5, 5.41) is 16.9. The second kappa shape index (κ2) is 6.93. The average molecular weight is 314 g/mol. The molecule has 0 unspecified atom stereocenters. The van der Waals surface area contributed by atoms with Crippen LogP contribution in [-0.4, -0.2) is 32.9 Å². The van der Waals surface area contributed by atoms with Crippen molar-refractivity contribution in [2.24, 2.45) is 5.73 Å². The highest BCUT2D eigenvalue weighted by atomic mass is 16.3. The Morgan fingerprint density at radius 3 is 2.74 bits per heavy atom. The number of rotatable bonds is 4. The Balaban J connectivity index is 1.70. The fourth-order valence-corrected chi connectivity index (χ4v) is 2.97. The van der Waals surface area contributed by atoms with Crippen LogP contribution in [0.25, 0.3) is 5.69 Å². The van der Waals surface area contributed by atoms with Crippen molar-refractivity contribution in [3.8, 4) is 5.69 Å². The van der Waals surface area contributed by atoms with Gasteiger partial charge in [-0.3, -0.25) is 4.79 Å². The maximum atomic E-state index is 12.3. The number of nitrogens with two attached hydrogens (primary N) is 1. The Kier molecular flexibility index (Phi) is 4.73. The second-order valence-electron chi connectivity index (χ2n) is 5.96. The van der Waals surface area contributed by atoms with Crippen LogP contribution in [-0.2, 0) is 6.54 Å². The minimum atomic E-state index is -0.227. The minimum Gasteiger partial charge on any atom is -0.393 e. The molecule has 6 nitrogen and oxygen atoms in total. The third kappa shape index (κ3) is 3.60. The molecule has 0 aliphatic heterocycles. The lowest BCUT2D eigenvalue weighted by atomic mass is 9.93. The van der Waals surface area contributed by atoms with E-state index in [1.807, 2.05) is 24.3 Å². The fraction of sp³-hybridized carbons (Fsp3) is 0.412. The summed E-state index contributed by atoms with van der Waals surface area (Å²) in [6.07, 6.45) is 4.64. The van der Waals surface area contributed by atoms with E-state index in [-0.39, 0.29) is 18.1 Å². The van der Waals surface area contributed by atoms with Gasteiger partial charge in [0.2, 0.25) is 0 Å². The molecule has 1 saturated carbocycles. The quantitative estimate of drug-likeness (QED) is 0.794. The van der Waals surface area contributed by atoms with Gasteiger partial charge in [-0.25, -0.2) is 4.68 Å². The summed E-state index contributed by atoms with van der Waals surface area (Å²) in [6, 6.07) is 9.56. The largest absolute Gasteiger partial charge is 0.393 e. The van der Waals surface area contributed by atoms with Crippen molar-refractivity contribution in [1.29, 1.82) is 0 Å². The standard InChI is InChI=1S/C17H22N4O2/c18-11-12-3-1-2-4-16(12)21-10-9-15(20-21)17(23)19-13-5-7-14(22)8-6-13/h1-4,9-10,13-14,22H,5-8,11,18H2,(H,19,23). The predicted octanol–water partition coefficient (Wildman–Crippen LogP) is 1.36. The number of para-hydroxylation sites is 1. The van der Waals surface area contributed by atoms with Crippen molar-refractivity contribution in [1.82, 2.24) is 15.1 Å². The van der Waals surface area contributed by atoms with Gasteiger partial charge in [-0.15, -0.1) is 0 Å². The van der Waals surface area contributed by atoms with Gasteiger partial charge in [0.1, 0.15) is 0 Å². The lowest BCUT2D eigenvalue weighted by molar-refractivity contribution is 0.0863. The number of carbonyl (C=O) groups is 1. The summed E-state index contributed by atoms with van der Waals surface area (Å²) in [4.78, 5) is 12.3. The van der Waals surface area contributed by atoms with Crippen LogP contribution < -0.4 is 11.1 Å². The Labute approximate surface area is 135 Å². The van der Waals surface area contributed by atoms with Crippen LogP contribution in [0.2, 0.25) is 0 Å². The normalized spacial score (nSPS) is 21.1. The summed E-state index contributed by atoms with van der Waals surface area (Å²) < 4.78 is 1.68. The maximum absolute atomic E-state index is 12.3. The van der Waals surface area contributed by atoms with E-state index in [9.17, 15) is 9.90 Å². The molecule has 1 amide bonds. The Morgan fingerprint density at radius 1 is 1.26 bits per heavy atom. The van der Waals surface area contributed by atoms with Crippen molar-refractivity contribution in [3.63, 3.8) is 0 Å². The molecule has 1 aliphatic carbocycles. The van der Waals surface area contributed by atoms with Crippen molar-refractivity contribution in [3.05, 3.63) is 47.8 Å². The summed E-state index contributed by atoms with van der Waals surface area (Å²) >= 11 is 0. The van der Waals surface area contributed by atoms with Gasteiger partial charge < -0.3 is 16.2 Å². The average Bonchev–Trinajstić information content (AvgIpc) is 3.07. The van der Waals surface area contributed by atoms with E-state index in [0.29, 0.717) is 12.2 Å². The number of nitrogens with one attached hydrogen (secondary N) is 1. The molecule has 1 heterocycles. The first-order chi connectivity index (χ1) is 11.2. The van der Waals surface area contributed by atoms with E-state index in [1.54, 1.807) is 16.9 Å². The zero-order valence-electron chi connectivity index (χ0n) is 13.0. The lowest BCUT2D eigenvalue weighted by Gasteiger charge is -2.25. The van der Waals surface area contributed by atoms with E-state index < -0.39 is 0 Å². The number of nitrogens with zero attached hydrogens (tertiary/aromatic N) is 2. The predicted molar refractivity (Wildman–Crippen MR) is 87.2 cm³/mol. The first-order valence-corrected chi connectivity index (χ1v) is 8.00. The molecular formula is C17H22N4O2. The molecule has 0 saturated heterocycles. The molecule has 23 heavy (non-hydrogen) atoms. The van der Waals surface area contributed by atoms with Crippen molar-refractivity contribution < 1.29 is 9.90 Å². The molecule has 3 rings (SSSR count). The van der Waals surface area contributed by atoms with Gasteiger partial charge in [0, 0.05) is 18.8 Å². The number of benzene rings is 1. The molecule has 0 bridgehead atoms. The van der Waals surface area contributed by atoms with Gasteiger partial charge in [0.05, 0.1) is 11.8 Å². The highest BCUT2D eigenvalue weighted by molar-refractivity contribution is 5.92. The Morgan fingerprint density at radius 2 is 2.00 bits per heavy atom. The topological polar surface area (TPSA) is 93.2 Å². The molecule has 1 aliphatic rings. The number of hydrogen-bond donors (Lipinski definition) is 3. The smallest absolute Gasteiger partial charge is 0.272 e. The molecule has 1 aromatic heterocycles. The van der Waals surface area contributed by atoms with Gasteiger partial charge in [-0.05, 0) is 43.4 Å². The summed E-state index contributed by atoms with van der Waals surface area (Å²) in [7, 11) is 0. The first-order valence-electron chi connectivity index (χ1n) is 8.00. The Hall–Kier alpha value is -2.18. The monoisotopic (exact) mass is 314 g/mol. The number of amides is 1. The molecule has 6 heteroatoms.